The lowest BCUT2D eigenvalue weighted by molar-refractivity contribution is -0.000288. The van der Waals surface area contributed by atoms with Crippen LogP contribution < -0.4 is 4.74 Å². The molecule has 1 aromatic carbocycles. The van der Waals surface area contributed by atoms with Gasteiger partial charge in [0, 0.05) is 6.10 Å². The zero-order valence-electron chi connectivity index (χ0n) is 8.84. The van der Waals surface area contributed by atoms with E-state index in [1.165, 1.54) is 0 Å². The summed E-state index contributed by atoms with van der Waals surface area (Å²) < 4.78 is 4.97. The Labute approximate surface area is 85.0 Å². The van der Waals surface area contributed by atoms with Gasteiger partial charge in [-0.3, -0.25) is 0 Å². The van der Waals surface area contributed by atoms with Gasteiger partial charge in [0.05, 0.1) is 0 Å². The second-order valence-electron chi connectivity index (χ2n) is 3.12. The summed E-state index contributed by atoms with van der Waals surface area (Å²) in [4.78, 5) is 0. The van der Waals surface area contributed by atoms with Crippen molar-refractivity contribution >= 4 is 0 Å². The van der Waals surface area contributed by atoms with Crippen LogP contribution in [-0.4, -0.2) is 22.6 Å². The Morgan fingerprint density at radius 2 is 1.43 bits per heavy atom. The topological polar surface area (TPSA) is 49.7 Å². The minimum atomic E-state index is -0.734. The van der Waals surface area contributed by atoms with Gasteiger partial charge < -0.3 is 14.9 Å². The van der Waals surface area contributed by atoms with E-state index in [4.69, 9.17) is 14.9 Å². The number of rotatable bonds is 2. The third-order valence-electron chi connectivity index (χ3n) is 1.05. The van der Waals surface area contributed by atoms with Crippen LogP contribution in [0.25, 0.3) is 0 Å². The maximum Gasteiger partial charge on any atom is 0.194 e. The highest BCUT2D eigenvalue weighted by molar-refractivity contribution is 5.20. The summed E-state index contributed by atoms with van der Waals surface area (Å²) >= 11 is 0. The molecule has 1 aromatic rings. The number of para-hydroxylation sites is 1. The third-order valence-corrected chi connectivity index (χ3v) is 1.05. The molecule has 3 nitrogen and oxygen atoms in total. The van der Waals surface area contributed by atoms with Crippen LogP contribution in [0.1, 0.15) is 20.8 Å². The van der Waals surface area contributed by atoms with Crippen LogP contribution in [0.15, 0.2) is 30.3 Å². The van der Waals surface area contributed by atoms with Crippen LogP contribution >= 0.6 is 0 Å². The first kappa shape index (κ1) is 12.9. The van der Waals surface area contributed by atoms with Gasteiger partial charge >= 0.3 is 0 Å². The molecule has 1 rings (SSSR count). The number of hydrogen-bond donors (Lipinski definition) is 2. The molecule has 0 saturated carbocycles. The maximum atomic E-state index is 8.78. The van der Waals surface area contributed by atoms with E-state index in [9.17, 15) is 0 Å². The highest BCUT2D eigenvalue weighted by Crippen LogP contribution is 2.08. The van der Waals surface area contributed by atoms with E-state index in [1.54, 1.807) is 32.9 Å². The summed E-state index contributed by atoms with van der Waals surface area (Å²) in [5.41, 5.74) is 0. The van der Waals surface area contributed by atoms with Gasteiger partial charge in [0.1, 0.15) is 5.75 Å². The molecule has 1 unspecified atom stereocenters. The van der Waals surface area contributed by atoms with Crippen LogP contribution in [0.2, 0.25) is 0 Å². The minimum Gasteiger partial charge on any atom is -0.465 e. The second kappa shape index (κ2) is 7.35. The van der Waals surface area contributed by atoms with Gasteiger partial charge in [0.15, 0.2) is 6.29 Å². The maximum absolute atomic E-state index is 8.78. The smallest absolute Gasteiger partial charge is 0.194 e. The van der Waals surface area contributed by atoms with Crippen LogP contribution in [0.4, 0.5) is 0 Å². The van der Waals surface area contributed by atoms with Crippen LogP contribution in [0, 0.1) is 0 Å². The summed E-state index contributed by atoms with van der Waals surface area (Å²) in [7, 11) is 0. The molecule has 0 aliphatic heterocycles. The van der Waals surface area contributed by atoms with Crippen molar-refractivity contribution in [2.75, 3.05) is 0 Å². The molecule has 0 aliphatic rings. The Kier molecular flexibility index (Phi) is 6.80. The first-order chi connectivity index (χ1) is 6.52. The van der Waals surface area contributed by atoms with E-state index in [2.05, 4.69) is 0 Å². The molecule has 2 N–H and O–H groups in total. The van der Waals surface area contributed by atoms with Gasteiger partial charge in [0.2, 0.25) is 0 Å². The van der Waals surface area contributed by atoms with Crippen molar-refractivity contribution in [3.63, 3.8) is 0 Å². The normalized spacial score (nSPS) is 11.6. The SMILES string of the molecule is CC(C)O.CC(O)Oc1ccccc1. The van der Waals surface area contributed by atoms with Crippen molar-refractivity contribution in [3.8, 4) is 5.75 Å². The van der Waals surface area contributed by atoms with Crippen molar-refractivity contribution in [1.82, 2.24) is 0 Å². The second-order valence-corrected chi connectivity index (χ2v) is 3.12. The zero-order valence-corrected chi connectivity index (χ0v) is 8.84. The molecule has 0 bridgehead atoms. The van der Waals surface area contributed by atoms with Crippen LogP contribution in [0.5, 0.6) is 5.75 Å². The lowest BCUT2D eigenvalue weighted by atomic mass is 10.3. The molecule has 0 aliphatic carbocycles. The van der Waals surface area contributed by atoms with Crippen LogP contribution in [-0.2, 0) is 0 Å². The average Bonchev–Trinajstić information content (AvgIpc) is 2.03. The summed E-state index contributed by atoms with van der Waals surface area (Å²) in [5.74, 6) is 0.692. The Morgan fingerprint density at radius 3 is 1.79 bits per heavy atom. The Hall–Kier alpha value is -1.06. The van der Waals surface area contributed by atoms with Crippen molar-refractivity contribution < 1.29 is 14.9 Å². The first-order valence-corrected chi connectivity index (χ1v) is 4.60. The Morgan fingerprint density at radius 1 is 1.00 bits per heavy atom. The monoisotopic (exact) mass is 198 g/mol. The molecule has 14 heavy (non-hydrogen) atoms. The lowest BCUT2D eigenvalue weighted by Gasteiger charge is -2.06. The molecule has 0 amide bonds. The van der Waals surface area contributed by atoms with E-state index in [0.29, 0.717) is 5.75 Å². The first-order valence-electron chi connectivity index (χ1n) is 4.60. The van der Waals surface area contributed by atoms with Gasteiger partial charge in [-0.1, -0.05) is 18.2 Å². The molecular weight excluding hydrogens is 180 g/mol. The van der Waals surface area contributed by atoms with Gasteiger partial charge in [-0.2, -0.15) is 0 Å². The highest BCUT2D eigenvalue weighted by atomic mass is 16.6. The fourth-order valence-electron chi connectivity index (χ4n) is 0.696. The molecule has 0 fully saturated rings. The summed E-state index contributed by atoms with van der Waals surface area (Å²) in [6.45, 7) is 5.02. The van der Waals surface area contributed by atoms with E-state index in [-0.39, 0.29) is 6.10 Å². The van der Waals surface area contributed by atoms with E-state index in [1.807, 2.05) is 18.2 Å². The average molecular weight is 198 g/mol. The Bertz CT molecular complexity index is 216. The van der Waals surface area contributed by atoms with E-state index >= 15 is 0 Å². The van der Waals surface area contributed by atoms with Crippen molar-refractivity contribution in [1.29, 1.82) is 0 Å². The summed E-state index contributed by atoms with van der Waals surface area (Å²) in [5, 5.41) is 16.8. The minimum absolute atomic E-state index is 0.167. The number of benzene rings is 1. The third kappa shape index (κ3) is 9.03. The summed E-state index contributed by atoms with van der Waals surface area (Å²) in [6, 6.07) is 9.21. The quantitative estimate of drug-likeness (QED) is 0.712. The molecule has 0 radical (unpaired) electrons. The number of hydrogen-bond acceptors (Lipinski definition) is 3. The molecule has 0 saturated heterocycles. The molecule has 0 heterocycles. The predicted molar refractivity (Wildman–Crippen MR) is 56.1 cm³/mol. The molecule has 80 valence electrons. The number of ether oxygens (including phenoxy) is 1. The predicted octanol–water partition coefficient (Wildman–Crippen LogP) is 1.79. The fraction of sp³-hybridized carbons (Fsp3) is 0.455. The van der Waals surface area contributed by atoms with E-state index in [0.717, 1.165) is 0 Å². The van der Waals surface area contributed by atoms with Crippen LogP contribution in [0.3, 0.4) is 0 Å². The Balaban J connectivity index is 0.000000364. The number of aliphatic hydroxyl groups is 2. The molecular formula is C11H18O3. The van der Waals surface area contributed by atoms with Gasteiger partial charge in [-0.15, -0.1) is 0 Å². The number of aliphatic hydroxyl groups excluding tert-OH is 2. The standard InChI is InChI=1S/C8H10O2.C3H8O/c1-7(9)10-8-5-3-2-4-6-8;1-3(2)4/h2-7,9H,1H3;3-4H,1-2H3. The van der Waals surface area contributed by atoms with Gasteiger partial charge in [-0.05, 0) is 32.9 Å². The van der Waals surface area contributed by atoms with Crippen molar-refractivity contribution in [2.45, 2.75) is 33.2 Å². The fourth-order valence-corrected chi connectivity index (χ4v) is 0.696. The highest BCUT2D eigenvalue weighted by Gasteiger charge is 1.94. The summed E-state index contributed by atoms with van der Waals surface area (Å²) in [6.07, 6.45) is -0.901. The zero-order chi connectivity index (χ0) is 11.0. The largest absolute Gasteiger partial charge is 0.465 e. The lowest BCUT2D eigenvalue weighted by Crippen LogP contribution is -2.08. The molecule has 1 atom stereocenters. The van der Waals surface area contributed by atoms with Gasteiger partial charge in [-0.25, -0.2) is 0 Å². The van der Waals surface area contributed by atoms with Gasteiger partial charge in [0.25, 0.3) is 0 Å². The molecule has 0 aromatic heterocycles. The van der Waals surface area contributed by atoms with Crippen molar-refractivity contribution in [3.05, 3.63) is 30.3 Å². The van der Waals surface area contributed by atoms with E-state index < -0.39 is 6.29 Å². The molecule has 0 spiro atoms. The van der Waals surface area contributed by atoms with Crippen molar-refractivity contribution in [2.24, 2.45) is 0 Å². The molecule has 3 heteroatoms.